The van der Waals surface area contributed by atoms with Crippen molar-refractivity contribution in [1.29, 1.82) is 0 Å². The van der Waals surface area contributed by atoms with Gasteiger partial charge >= 0.3 is 0 Å². The van der Waals surface area contributed by atoms with Gasteiger partial charge < -0.3 is 15.4 Å². The average molecular weight is 379 g/mol. The molecule has 1 aliphatic rings. The van der Waals surface area contributed by atoms with Gasteiger partial charge in [-0.3, -0.25) is 0 Å². The number of hydrogen-bond donors (Lipinski definition) is 2. The summed E-state index contributed by atoms with van der Waals surface area (Å²) < 4.78 is 5.73. The van der Waals surface area contributed by atoms with E-state index in [2.05, 4.69) is 53.6 Å². The van der Waals surface area contributed by atoms with Crippen LogP contribution < -0.4 is 10.6 Å². The van der Waals surface area contributed by atoms with Crippen molar-refractivity contribution in [3.05, 3.63) is 78.0 Å². The number of benzene rings is 2. The lowest BCUT2D eigenvalue weighted by atomic mass is 9.92. The molecule has 150 valence electrons. The molecule has 0 radical (unpaired) electrons. The van der Waals surface area contributed by atoms with Gasteiger partial charge in [0.15, 0.2) is 0 Å². The summed E-state index contributed by atoms with van der Waals surface area (Å²) >= 11 is 0. The van der Waals surface area contributed by atoms with E-state index in [-0.39, 0.29) is 0 Å². The lowest BCUT2D eigenvalue weighted by Crippen LogP contribution is -2.27. The minimum Gasteiger partial charge on any atom is -0.371 e. The zero-order chi connectivity index (χ0) is 19.4. The molecule has 2 N–H and O–H groups in total. The van der Waals surface area contributed by atoms with Crippen molar-refractivity contribution in [3.63, 3.8) is 0 Å². The lowest BCUT2D eigenvalue weighted by Gasteiger charge is -2.22. The van der Waals surface area contributed by atoms with Gasteiger partial charge in [-0.1, -0.05) is 61.9 Å². The molecular formula is C25H34N2O. The summed E-state index contributed by atoms with van der Waals surface area (Å²) in [6.07, 6.45) is 7.92. The van der Waals surface area contributed by atoms with Crippen molar-refractivity contribution in [2.45, 2.75) is 45.1 Å². The van der Waals surface area contributed by atoms with Crippen LogP contribution in [0.4, 0.5) is 5.69 Å². The first-order valence-corrected chi connectivity index (χ1v) is 10.7. The van der Waals surface area contributed by atoms with Gasteiger partial charge in [0.05, 0.1) is 13.2 Å². The summed E-state index contributed by atoms with van der Waals surface area (Å²) in [6, 6.07) is 19.0. The minimum absolute atomic E-state index is 0.507. The second-order valence-electron chi connectivity index (χ2n) is 7.84. The van der Waals surface area contributed by atoms with Crippen LogP contribution in [0.25, 0.3) is 0 Å². The zero-order valence-electron chi connectivity index (χ0n) is 17.0. The third-order valence-electron chi connectivity index (χ3n) is 5.45. The zero-order valence-corrected chi connectivity index (χ0v) is 17.0. The number of anilines is 1. The second-order valence-corrected chi connectivity index (χ2v) is 7.84. The van der Waals surface area contributed by atoms with Gasteiger partial charge in [0.1, 0.15) is 0 Å². The van der Waals surface area contributed by atoms with E-state index < -0.39 is 0 Å². The fraction of sp³-hybridized carbons (Fsp3) is 0.440. The van der Waals surface area contributed by atoms with Crippen molar-refractivity contribution >= 4 is 5.69 Å². The van der Waals surface area contributed by atoms with Gasteiger partial charge in [-0.25, -0.2) is 0 Å². The molecule has 0 bridgehead atoms. The van der Waals surface area contributed by atoms with E-state index in [9.17, 15) is 0 Å². The summed E-state index contributed by atoms with van der Waals surface area (Å²) in [5, 5.41) is 6.79. The maximum atomic E-state index is 5.73. The van der Waals surface area contributed by atoms with Gasteiger partial charge in [-0.15, -0.1) is 0 Å². The van der Waals surface area contributed by atoms with E-state index in [1.54, 1.807) is 0 Å². The maximum absolute atomic E-state index is 5.73. The van der Waals surface area contributed by atoms with Crippen LogP contribution >= 0.6 is 0 Å². The molecule has 1 fully saturated rings. The van der Waals surface area contributed by atoms with E-state index in [0.29, 0.717) is 13.2 Å². The Morgan fingerprint density at radius 1 is 0.964 bits per heavy atom. The summed E-state index contributed by atoms with van der Waals surface area (Å²) in [4.78, 5) is 0. The predicted octanol–water partition coefficient (Wildman–Crippen LogP) is 5.54. The molecule has 1 saturated heterocycles. The third-order valence-corrected chi connectivity index (χ3v) is 5.45. The third kappa shape index (κ3) is 7.49. The van der Waals surface area contributed by atoms with Crippen LogP contribution in [-0.2, 0) is 17.8 Å². The summed E-state index contributed by atoms with van der Waals surface area (Å²) in [7, 11) is 0. The van der Waals surface area contributed by atoms with Crippen molar-refractivity contribution in [2.75, 3.05) is 25.0 Å². The molecule has 2 aromatic rings. The van der Waals surface area contributed by atoms with Crippen LogP contribution in [-0.4, -0.2) is 19.7 Å². The highest BCUT2D eigenvalue weighted by atomic mass is 16.5. The summed E-state index contributed by atoms with van der Waals surface area (Å²) in [5.74, 6) is 0.947. The van der Waals surface area contributed by atoms with Crippen molar-refractivity contribution < 1.29 is 4.74 Å². The number of nitrogens with one attached hydrogen (secondary N) is 2. The van der Waals surface area contributed by atoms with Gasteiger partial charge in [0, 0.05) is 11.4 Å². The molecule has 2 aromatic carbocycles. The van der Waals surface area contributed by atoms with Crippen LogP contribution in [0.3, 0.4) is 0 Å². The van der Waals surface area contributed by atoms with E-state index in [4.69, 9.17) is 4.74 Å². The lowest BCUT2D eigenvalue weighted by molar-refractivity contribution is 0.143. The summed E-state index contributed by atoms with van der Waals surface area (Å²) in [5.41, 5.74) is 4.55. The molecule has 0 saturated carbocycles. The van der Waals surface area contributed by atoms with Crippen molar-refractivity contribution in [3.8, 4) is 0 Å². The molecule has 0 atom stereocenters. The fourth-order valence-corrected chi connectivity index (χ4v) is 3.79. The molecule has 1 aliphatic heterocycles. The van der Waals surface area contributed by atoms with Crippen LogP contribution in [0.2, 0.25) is 0 Å². The van der Waals surface area contributed by atoms with Gasteiger partial charge in [0.25, 0.3) is 0 Å². The Hall–Kier alpha value is -2.10. The Kier molecular flexibility index (Phi) is 8.60. The van der Waals surface area contributed by atoms with Gasteiger partial charge in [-0.2, -0.15) is 0 Å². The van der Waals surface area contributed by atoms with Crippen molar-refractivity contribution in [1.82, 2.24) is 5.32 Å². The average Bonchev–Trinajstić information content (AvgIpc) is 2.74. The van der Waals surface area contributed by atoms with Crippen LogP contribution in [0, 0.1) is 5.92 Å². The fourth-order valence-electron chi connectivity index (χ4n) is 3.79. The smallest absolute Gasteiger partial charge is 0.0864 e. The number of aryl methyl sites for hydroxylation is 1. The Balaban J connectivity index is 1.30. The quantitative estimate of drug-likeness (QED) is 0.504. The van der Waals surface area contributed by atoms with Crippen LogP contribution in [0.15, 0.2) is 66.9 Å². The molecule has 3 nitrogen and oxygen atoms in total. The first-order valence-electron chi connectivity index (χ1n) is 10.7. The molecule has 0 aliphatic carbocycles. The Bertz CT molecular complexity index is 690. The minimum atomic E-state index is 0.507. The molecule has 3 heteroatoms. The van der Waals surface area contributed by atoms with Gasteiger partial charge in [-0.05, 0) is 68.0 Å². The standard InChI is InChI=1S/C25H34N2O/c1-21(19-28-20-24-9-3-2-4-10-24)27-25-13-11-22(12-14-25)7-5-6-8-23-15-17-26-18-16-23/h2-4,9-14,23,26-27H,1,5-8,15-20H2. The molecule has 0 amide bonds. The van der Waals surface area contributed by atoms with E-state index in [1.165, 1.54) is 62.7 Å². The highest BCUT2D eigenvalue weighted by Gasteiger charge is 2.11. The van der Waals surface area contributed by atoms with E-state index in [1.807, 2.05) is 18.2 Å². The first-order chi connectivity index (χ1) is 13.8. The molecule has 3 rings (SSSR count). The normalized spacial score (nSPS) is 14.7. The van der Waals surface area contributed by atoms with Crippen LogP contribution in [0.5, 0.6) is 0 Å². The SMILES string of the molecule is C=C(COCc1ccccc1)Nc1ccc(CCCCC2CCNCC2)cc1. The Labute approximate surface area is 170 Å². The first kappa shape index (κ1) is 20.6. The number of ether oxygens (including phenoxy) is 1. The predicted molar refractivity (Wildman–Crippen MR) is 118 cm³/mol. The molecular weight excluding hydrogens is 344 g/mol. The highest BCUT2D eigenvalue weighted by Crippen LogP contribution is 2.20. The number of piperidine rings is 1. The van der Waals surface area contributed by atoms with Crippen LogP contribution in [0.1, 0.15) is 43.2 Å². The highest BCUT2D eigenvalue weighted by molar-refractivity contribution is 5.48. The van der Waals surface area contributed by atoms with E-state index >= 15 is 0 Å². The summed E-state index contributed by atoms with van der Waals surface area (Å²) in [6.45, 7) is 7.60. The number of hydrogen-bond acceptors (Lipinski definition) is 3. The molecule has 0 aromatic heterocycles. The van der Waals surface area contributed by atoms with Crippen molar-refractivity contribution in [2.24, 2.45) is 5.92 Å². The molecule has 0 spiro atoms. The largest absolute Gasteiger partial charge is 0.371 e. The maximum Gasteiger partial charge on any atom is 0.0864 e. The number of unbranched alkanes of at least 4 members (excludes halogenated alkanes) is 1. The Morgan fingerprint density at radius 2 is 1.71 bits per heavy atom. The topological polar surface area (TPSA) is 33.3 Å². The number of rotatable bonds is 11. The molecule has 0 unspecified atom stereocenters. The van der Waals surface area contributed by atoms with Gasteiger partial charge in [0.2, 0.25) is 0 Å². The van der Waals surface area contributed by atoms with E-state index in [0.717, 1.165) is 17.3 Å². The Morgan fingerprint density at radius 3 is 2.46 bits per heavy atom. The molecule has 28 heavy (non-hydrogen) atoms. The second kappa shape index (κ2) is 11.7. The molecule has 1 heterocycles. The monoisotopic (exact) mass is 378 g/mol.